The van der Waals surface area contributed by atoms with Crippen LogP contribution in [0.25, 0.3) is 11.3 Å². The summed E-state index contributed by atoms with van der Waals surface area (Å²) in [7, 11) is 0. The van der Waals surface area contributed by atoms with Gasteiger partial charge in [0.05, 0.1) is 22.6 Å². The molecule has 2 bridgehead atoms. The van der Waals surface area contributed by atoms with Gasteiger partial charge in [0.2, 0.25) is 11.8 Å². The molecule has 9 nitrogen and oxygen atoms in total. The van der Waals surface area contributed by atoms with Gasteiger partial charge in [-0.3, -0.25) is 14.9 Å². The number of alkyl halides is 3. The Kier molecular flexibility index (Phi) is 5.09. The van der Waals surface area contributed by atoms with Crippen LogP contribution in [0.5, 0.6) is 0 Å². The highest BCUT2D eigenvalue weighted by Gasteiger charge is 2.79. The number of aromatic nitrogens is 3. The first-order chi connectivity index (χ1) is 18.2. The molecule has 2 heterocycles. The number of nitrogens with one attached hydrogen (secondary N) is 1. The topological polar surface area (TPSA) is 142 Å². The number of carbonyl (C=O) groups excluding carboxylic acids is 2. The summed E-state index contributed by atoms with van der Waals surface area (Å²) in [5, 5.41) is 10.8. The Hall–Kier alpha value is -3.90. The van der Waals surface area contributed by atoms with Gasteiger partial charge >= 0.3 is 6.18 Å². The Labute approximate surface area is 219 Å². The molecule has 2 aromatic heterocycles. The molecule has 1 atom stereocenters. The van der Waals surface area contributed by atoms with Gasteiger partial charge in [-0.25, -0.2) is 9.07 Å². The number of rotatable bonds is 7. The van der Waals surface area contributed by atoms with Gasteiger partial charge in [0.15, 0.2) is 0 Å². The fraction of sp³-hybridized carbons (Fsp3) is 0.462. The lowest BCUT2D eigenvalue weighted by Crippen LogP contribution is -2.70. The molecule has 4 aliphatic rings. The van der Waals surface area contributed by atoms with Crippen molar-refractivity contribution in [2.45, 2.75) is 69.0 Å². The molecule has 1 unspecified atom stereocenters. The fourth-order valence-corrected chi connectivity index (χ4v) is 5.98. The standard InChI is InChI=1S/C26H26F4N6O3/c1-12(22(38)33-17-8-16(35-39-17)24-9-25(10-24,11-24)26(28,29)30)13-3-4-14(15(27)7-13)19-18(21(32)37)20(31)36(34-19)23(2)5-6-23/h3-4,7-8,12H,5-6,9-11,31H2,1-2H3,(H2,32,37)(H,33,38). The van der Waals surface area contributed by atoms with E-state index in [2.05, 4.69) is 15.6 Å². The molecule has 4 fully saturated rings. The fourth-order valence-electron chi connectivity index (χ4n) is 5.98. The van der Waals surface area contributed by atoms with Crippen molar-refractivity contribution in [2.24, 2.45) is 11.1 Å². The molecule has 39 heavy (non-hydrogen) atoms. The van der Waals surface area contributed by atoms with Gasteiger partial charge in [-0.1, -0.05) is 11.2 Å². The zero-order valence-corrected chi connectivity index (χ0v) is 21.2. The summed E-state index contributed by atoms with van der Waals surface area (Å²) in [6, 6.07) is 5.56. The van der Waals surface area contributed by atoms with E-state index in [1.165, 1.54) is 28.9 Å². The van der Waals surface area contributed by atoms with E-state index in [9.17, 15) is 22.8 Å². The third kappa shape index (κ3) is 3.65. The Morgan fingerprint density at radius 3 is 2.41 bits per heavy atom. The number of nitrogens with two attached hydrogens (primary N) is 2. The molecular weight excluding hydrogens is 520 g/mol. The monoisotopic (exact) mass is 546 g/mol. The van der Waals surface area contributed by atoms with Crippen LogP contribution in [0.4, 0.5) is 29.3 Å². The van der Waals surface area contributed by atoms with Crippen LogP contribution < -0.4 is 16.8 Å². The number of amides is 2. The van der Waals surface area contributed by atoms with Crippen molar-refractivity contribution in [1.29, 1.82) is 0 Å². The number of nitrogen functional groups attached to an aromatic ring is 1. The first kappa shape index (κ1) is 25.4. The highest BCUT2D eigenvalue weighted by Crippen LogP contribution is 2.78. The van der Waals surface area contributed by atoms with E-state index in [1.807, 2.05) is 6.92 Å². The van der Waals surface area contributed by atoms with Gasteiger partial charge < -0.3 is 16.0 Å². The third-order valence-electron chi connectivity index (χ3n) is 8.73. The minimum Gasteiger partial charge on any atom is -0.383 e. The van der Waals surface area contributed by atoms with Gasteiger partial charge in [0.1, 0.15) is 22.9 Å². The Morgan fingerprint density at radius 2 is 1.85 bits per heavy atom. The second-order valence-electron chi connectivity index (χ2n) is 11.5. The molecule has 4 aliphatic carbocycles. The van der Waals surface area contributed by atoms with Gasteiger partial charge in [-0.15, -0.1) is 0 Å². The van der Waals surface area contributed by atoms with Crippen molar-refractivity contribution < 1.29 is 31.7 Å². The number of hydrogen-bond acceptors (Lipinski definition) is 6. The number of primary amides is 1. The lowest BCUT2D eigenvalue weighted by Gasteiger charge is -2.69. The predicted octanol–water partition coefficient (Wildman–Crippen LogP) is 4.59. The van der Waals surface area contributed by atoms with Crippen LogP contribution >= 0.6 is 0 Å². The Morgan fingerprint density at radius 1 is 1.18 bits per heavy atom. The van der Waals surface area contributed by atoms with Crippen LogP contribution in [0.3, 0.4) is 0 Å². The van der Waals surface area contributed by atoms with E-state index in [4.69, 9.17) is 16.0 Å². The molecule has 0 spiro atoms. The maximum atomic E-state index is 15.3. The van der Waals surface area contributed by atoms with E-state index < -0.39 is 40.6 Å². The van der Waals surface area contributed by atoms with Gasteiger partial charge in [-0.2, -0.15) is 18.3 Å². The minimum absolute atomic E-state index is 0.00501. The number of benzene rings is 1. The molecule has 5 N–H and O–H groups in total. The van der Waals surface area contributed by atoms with E-state index >= 15 is 4.39 Å². The van der Waals surface area contributed by atoms with Gasteiger partial charge in [-0.05, 0) is 63.6 Å². The van der Waals surface area contributed by atoms with Crippen molar-refractivity contribution in [2.75, 3.05) is 11.1 Å². The maximum absolute atomic E-state index is 15.3. The summed E-state index contributed by atoms with van der Waals surface area (Å²) in [6.07, 6.45) is -2.72. The van der Waals surface area contributed by atoms with Crippen molar-refractivity contribution in [3.63, 3.8) is 0 Å². The highest BCUT2D eigenvalue weighted by molar-refractivity contribution is 6.03. The summed E-state index contributed by atoms with van der Waals surface area (Å²) < 4.78 is 61.4. The predicted molar refractivity (Wildman–Crippen MR) is 131 cm³/mol. The summed E-state index contributed by atoms with van der Waals surface area (Å²) in [4.78, 5) is 25.0. The summed E-state index contributed by atoms with van der Waals surface area (Å²) >= 11 is 0. The maximum Gasteiger partial charge on any atom is 0.394 e. The largest absolute Gasteiger partial charge is 0.394 e. The third-order valence-corrected chi connectivity index (χ3v) is 8.73. The van der Waals surface area contributed by atoms with Crippen LogP contribution in [-0.4, -0.2) is 32.9 Å². The van der Waals surface area contributed by atoms with Gasteiger partial charge in [0, 0.05) is 17.0 Å². The number of carbonyl (C=O) groups is 2. The molecule has 0 saturated heterocycles. The lowest BCUT2D eigenvalue weighted by molar-refractivity contribution is -0.338. The average molecular weight is 547 g/mol. The van der Waals surface area contributed by atoms with Gasteiger partial charge in [0.25, 0.3) is 5.91 Å². The summed E-state index contributed by atoms with van der Waals surface area (Å²) in [6.45, 7) is 3.49. The van der Waals surface area contributed by atoms with Crippen molar-refractivity contribution in [3.8, 4) is 11.3 Å². The average Bonchev–Trinajstić information content (AvgIpc) is 3.19. The van der Waals surface area contributed by atoms with E-state index in [1.54, 1.807) is 6.92 Å². The summed E-state index contributed by atoms with van der Waals surface area (Å²) in [5.74, 6) is -2.81. The van der Waals surface area contributed by atoms with Crippen LogP contribution in [0.15, 0.2) is 28.8 Å². The molecular formula is C26H26F4N6O3. The second kappa shape index (κ2) is 7.82. The Bertz CT molecular complexity index is 1520. The van der Waals surface area contributed by atoms with E-state index in [0.29, 0.717) is 11.3 Å². The van der Waals surface area contributed by atoms with Crippen molar-refractivity contribution in [3.05, 3.63) is 46.9 Å². The zero-order chi connectivity index (χ0) is 28.1. The molecule has 2 amide bonds. The zero-order valence-electron chi connectivity index (χ0n) is 21.2. The molecule has 7 rings (SSSR count). The smallest absolute Gasteiger partial charge is 0.383 e. The lowest BCUT2D eigenvalue weighted by atomic mass is 9.34. The molecule has 0 radical (unpaired) electrons. The SMILES string of the molecule is CC(C(=O)Nc1cc(C23CC(C(F)(F)F)(C2)C3)no1)c1ccc(-c2nn(C3(C)CC3)c(N)c2C(N)=O)c(F)c1. The second-order valence-corrected chi connectivity index (χ2v) is 11.5. The molecule has 206 valence electrons. The molecule has 1 aromatic carbocycles. The molecule has 0 aliphatic heterocycles. The number of nitrogens with zero attached hydrogens (tertiary/aromatic N) is 3. The summed E-state index contributed by atoms with van der Waals surface area (Å²) in [5.41, 5.74) is 9.73. The first-order valence-corrected chi connectivity index (χ1v) is 12.5. The first-order valence-electron chi connectivity index (χ1n) is 12.5. The molecule has 3 aromatic rings. The number of halogens is 4. The van der Waals surface area contributed by atoms with E-state index in [-0.39, 0.29) is 53.3 Å². The highest BCUT2D eigenvalue weighted by atomic mass is 19.4. The minimum atomic E-state index is -4.24. The number of anilines is 2. The Balaban J connectivity index is 1.18. The molecule has 4 saturated carbocycles. The van der Waals surface area contributed by atoms with E-state index in [0.717, 1.165) is 12.8 Å². The quantitative estimate of drug-likeness (QED) is 0.370. The normalized spacial score (nSPS) is 25.4. The van der Waals surface area contributed by atoms with Crippen molar-refractivity contribution >= 4 is 23.5 Å². The van der Waals surface area contributed by atoms with Crippen LogP contribution in [-0.2, 0) is 15.7 Å². The number of hydrogen-bond donors (Lipinski definition) is 3. The van der Waals surface area contributed by atoms with Crippen LogP contribution in [0, 0.1) is 11.2 Å². The van der Waals surface area contributed by atoms with Crippen LogP contribution in [0.2, 0.25) is 0 Å². The van der Waals surface area contributed by atoms with Crippen LogP contribution in [0.1, 0.15) is 73.5 Å². The van der Waals surface area contributed by atoms with Crippen molar-refractivity contribution in [1.82, 2.24) is 14.9 Å². The molecule has 13 heteroatoms.